The predicted molar refractivity (Wildman–Crippen MR) is 112 cm³/mol. The van der Waals surface area contributed by atoms with Crippen molar-refractivity contribution in [1.82, 2.24) is 0 Å². The number of rotatable bonds is 10. The van der Waals surface area contributed by atoms with Crippen molar-refractivity contribution >= 4 is 23.5 Å². The molecule has 0 aliphatic rings. The minimum absolute atomic E-state index is 0.0106. The van der Waals surface area contributed by atoms with Crippen molar-refractivity contribution in [3.63, 3.8) is 0 Å². The summed E-state index contributed by atoms with van der Waals surface area (Å²) in [5.74, 6) is -2.46. The van der Waals surface area contributed by atoms with Gasteiger partial charge < -0.3 is 24.5 Å². The first-order valence-corrected chi connectivity index (χ1v) is 9.80. The molecule has 3 aromatic rings. The SMILES string of the molecule is NC(=O)CCN(C(=O)COC(=O)c1ccc(COc2ccc(F)cc2)o1)c1ccc(F)cc1. The minimum atomic E-state index is -0.884. The highest BCUT2D eigenvalue weighted by atomic mass is 19.1. The molecule has 0 aliphatic carbocycles. The molecule has 0 fully saturated rings. The van der Waals surface area contributed by atoms with Crippen LogP contribution >= 0.6 is 0 Å². The van der Waals surface area contributed by atoms with Crippen molar-refractivity contribution in [2.24, 2.45) is 5.73 Å². The second-order valence-electron chi connectivity index (χ2n) is 6.82. The molecule has 0 saturated heterocycles. The molecule has 0 radical (unpaired) electrons. The Labute approximate surface area is 187 Å². The van der Waals surface area contributed by atoms with Crippen LogP contribution in [0.4, 0.5) is 14.5 Å². The van der Waals surface area contributed by atoms with Gasteiger partial charge in [-0.25, -0.2) is 13.6 Å². The fourth-order valence-corrected chi connectivity index (χ4v) is 2.77. The van der Waals surface area contributed by atoms with Crippen molar-refractivity contribution in [2.75, 3.05) is 18.1 Å². The zero-order valence-electron chi connectivity index (χ0n) is 17.3. The maximum absolute atomic E-state index is 13.2. The van der Waals surface area contributed by atoms with Gasteiger partial charge in [0.15, 0.2) is 6.61 Å². The fraction of sp³-hybridized carbons (Fsp3) is 0.174. The van der Waals surface area contributed by atoms with Gasteiger partial charge in [0.2, 0.25) is 11.7 Å². The number of benzene rings is 2. The third-order valence-corrected chi connectivity index (χ3v) is 4.41. The molecular formula is C23H20F2N2O6. The normalized spacial score (nSPS) is 10.5. The lowest BCUT2D eigenvalue weighted by Gasteiger charge is -2.22. The highest BCUT2D eigenvalue weighted by Gasteiger charge is 2.20. The molecule has 2 amide bonds. The number of amides is 2. The van der Waals surface area contributed by atoms with Gasteiger partial charge in [-0.2, -0.15) is 0 Å². The lowest BCUT2D eigenvalue weighted by molar-refractivity contribution is -0.122. The maximum atomic E-state index is 13.2. The predicted octanol–water partition coefficient (Wildman–Crippen LogP) is 3.20. The van der Waals surface area contributed by atoms with Crippen molar-refractivity contribution in [1.29, 1.82) is 0 Å². The van der Waals surface area contributed by atoms with Crippen molar-refractivity contribution in [3.05, 3.63) is 83.8 Å². The number of ether oxygens (including phenoxy) is 2. The maximum Gasteiger partial charge on any atom is 0.374 e. The van der Waals surface area contributed by atoms with Crippen LogP contribution in [-0.2, 0) is 20.9 Å². The van der Waals surface area contributed by atoms with Crippen molar-refractivity contribution in [3.8, 4) is 5.75 Å². The topological polar surface area (TPSA) is 112 Å². The zero-order valence-corrected chi connectivity index (χ0v) is 17.3. The van der Waals surface area contributed by atoms with Gasteiger partial charge in [-0.3, -0.25) is 9.59 Å². The van der Waals surface area contributed by atoms with E-state index in [2.05, 4.69) is 0 Å². The van der Waals surface area contributed by atoms with Gasteiger partial charge in [0.25, 0.3) is 5.91 Å². The Kier molecular flexibility index (Phi) is 7.74. The van der Waals surface area contributed by atoms with Crippen molar-refractivity contribution in [2.45, 2.75) is 13.0 Å². The number of furan rings is 1. The van der Waals surface area contributed by atoms with Crippen LogP contribution < -0.4 is 15.4 Å². The lowest BCUT2D eigenvalue weighted by Crippen LogP contribution is -2.37. The van der Waals surface area contributed by atoms with Crippen LogP contribution in [0, 0.1) is 11.6 Å². The Hall–Kier alpha value is -4.21. The van der Waals surface area contributed by atoms with Gasteiger partial charge in [0.1, 0.15) is 29.8 Å². The molecule has 10 heteroatoms. The second-order valence-corrected chi connectivity index (χ2v) is 6.82. The molecule has 0 atom stereocenters. The molecule has 3 rings (SSSR count). The first-order chi connectivity index (χ1) is 15.8. The molecule has 1 aromatic heterocycles. The number of hydrogen-bond donors (Lipinski definition) is 1. The molecule has 0 saturated carbocycles. The van der Waals surface area contributed by atoms with Gasteiger partial charge >= 0.3 is 5.97 Å². The summed E-state index contributed by atoms with van der Waals surface area (Å²) in [5, 5.41) is 0. The van der Waals surface area contributed by atoms with E-state index in [1.807, 2.05) is 0 Å². The number of anilines is 1. The molecule has 2 aromatic carbocycles. The molecule has 1 heterocycles. The van der Waals surface area contributed by atoms with Crippen LogP contribution in [0.5, 0.6) is 5.75 Å². The summed E-state index contributed by atoms with van der Waals surface area (Å²) in [5.41, 5.74) is 5.47. The van der Waals surface area contributed by atoms with Crippen molar-refractivity contribution < 1.29 is 37.1 Å². The monoisotopic (exact) mass is 458 g/mol. The van der Waals surface area contributed by atoms with Gasteiger partial charge in [0.05, 0.1) is 0 Å². The summed E-state index contributed by atoms with van der Waals surface area (Å²) in [7, 11) is 0. The molecule has 2 N–H and O–H groups in total. The van der Waals surface area contributed by atoms with E-state index in [9.17, 15) is 23.2 Å². The molecule has 8 nitrogen and oxygen atoms in total. The lowest BCUT2D eigenvalue weighted by atomic mass is 10.2. The van der Waals surface area contributed by atoms with Crippen LogP contribution in [0.1, 0.15) is 22.7 Å². The average Bonchev–Trinajstić information content (AvgIpc) is 3.27. The first kappa shape index (κ1) is 23.5. The largest absolute Gasteiger partial charge is 0.486 e. The van der Waals surface area contributed by atoms with E-state index in [-0.39, 0.29) is 25.3 Å². The van der Waals surface area contributed by atoms with Crippen LogP contribution in [0.2, 0.25) is 0 Å². The highest BCUT2D eigenvalue weighted by Crippen LogP contribution is 2.17. The highest BCUT2D eigenvalue weighted by molar-refractivity contribution is 5.97. The van der Waals surface area contributed by atoms with E-state index in [1.54, 1.807) is 0 Å². The standard InChI is InChI=1S/C23H20F2N2O6/c24-15-1-5-17(6-2-15)27(12-11-21(26)28)22(29)14-32-23(30)20-10-9-19(33-20)13-31-18-7-3-16(25)4-8-18/h1-10H,11-14H2,(H2,26,28). The van der Waals surface area contributed by atoms with Gasteiger partial charge in [-0.15, -0.1) is 0 Å². The fourth-order valence-electron chi connectivity index (χ4n) is 2.77. The Morgan fingerprint density at radius 3 is 2.18 bits per heavy atom. The number of carbonyl (C=O) groups excluding carboxylic acids is 3. The van der Waals surface area contributed by atoms with Gasteiger partial charge in [-0.05, 0) is 60.7 Å². The number of primary amides is 1. The molecule has 172 valence electrons. The third kappa shape index (κ3) is 6.89. The van der Waals surface area contributed by atoms with Gasteiger partial charge in [0, 0.05) is 18.7 Å². The molecule has 0 unspecified atom stereocenters. The summed E-state index contributed by atoms with van der Waals surface area (Å²) in [4.78, 5) is 37.1. The summed E-state index contributed by atoms with van der Waals surface area (Å²) in [6.45, 7) is -0.719. The van der Waals surface area contributed by atoms with E-state index in [0.29, 0.717) is 17.2 Å². The molecule has 0 aliphatic heterocycles. The van der Waals surface area contributed by atoms with E-state index >= 15 is 0 Å². The molecule has 0 spiro atoms. The molecule has 33 heavy (non-hydrogen) atoms. The number of carbonyl (C=O) groups is 3. The van der Waals surface area contributed by atoms with E-state index < -0.39 is 36.0 Å². The van der Waals surface area contributed by atoms with E-state index in [4.69, 9.17) is 19.6 Å². The minimum Gasteiger partial charge on any atom is -0.486 e. The Morgan fingerprint density at radius 1 is 0.909 bits per heavy atom. The summed E-state index contributed by atoms with van der Waals surface area (Å²) < 4.78 is 41.9. The summed E-state index contributed by atoms with van der Waals surface area (Å²) in [6.07, 6.45) is -0.132. The summed E-state index contributed by atoms with van der Waals surface area (Å²) >= 11 is 0. The van der Waals surface area contributed by atoms with Crippen LogP contribution in [0.25, 0.3) is 0 Å². The van der Waals surface area contributed by atoms with Gasteiger partial charge in [-0.1, -0.05) is 0 Å². The number of esters is 1. The Bertz CT molecular complexity index is 1110. The number of hydrogen-bond acceptors (Lipinski definition) is 6. The smallest absolute Gasteiger partial charge is 0.374 e. The number of nitrogens with two attached hydrogens (primary N) is 1. The molecular weight excluding hydrogens is 438 g/mol. The Morgan fingerprint density at radius 2 is 1.55 bits per heavy atom. The average molecular weight is 458 g/mol. The number of halogens is 2. The zero-order chi connectivity index (χ0) is 23.8. The van der Waals surface area contributed by atoms with E-state index in [1.165, 1.54) is 53.4 Å². The number of nitrogens with zero attached hydrogens (tertiary/aromatic N) is 1. The summed E-state index contributed by atoms with van der Waals surface area (Å²) in [6, 6.07) is 13.3. The first-order valence-electron chi connectivity index (χ1n) is 9.80. The third-order valence-electron chi connectivity index (χ3n) is 4.41. The van der Waals surface area contributed by atoms with Crippen LogP contribution in [-0.4, -0.2) is 30.9 Å². The molecule has 0 bridgehead atoms. The van der Waals surface area contributed by atoms with E-state index in [0.717, 1.165) is 12.1 Å². The Balaban J connectivity index is 1.56. The van der Waals surface area contributed by atoms with Crippen LogP contribution in [0.3, 0.4) is 0 Å². The second kappa shape index (κ2) is 10.9. The van der Waals surface area contributed by atoms with Crippen LogP contribution in [0.15, 0.2) is 65.1 Å². The quantitative estimate of drug-likeness (QED) is 0.467.